The summed E-state index contributed by atoms with van der Waals surface area (Å²) in [5.41, 5.74) is -1.40. The molecule has 0 aliphatic heterocycles. The van der Waals surface area contributed by atoms with Gasteiger partial charge in [-0.05, 0) is 22.8 Å². The second-order valence-electron chi connectivity index (χ2n) is 5.41. The van der Waals surface area contributed by atoms with Gasteiger partial charge in [0.05, 0.1) is 12.1 Å². The SMILES string of the molecule is FSc1cccc(-c2ccccc2)c1-c1ccccc1.O=S(=O)(O)C(F)(F)F. The Bertz CT molecular complexity index is 1010. The normalized spacial score (nSPS) is 11.5. The van der Waals surface area contributed by atoms with Crippen molar-refractivity contribution in [3.63, 3.8) is 0 Å². The van der Waals surface area contributed by atoms with Crippen molar-refractivity contribution in [1.29, 1.82) is 0 Å². The lowest BCUT2D eigenvalue weighted by Gasteiger charge is -2.13. The minimum atomic E-state index is -5.84. The predicted molar refractivity (Wildman–Crippen MR) is 102 cm³/mol. The molecule has 1 N–H and O–H groups in total. The zero-order valence-electron chi connectivity index (χ0n) is 14.1. The molecule has 0 aliphatic rings. The minimum absolute atomic E-state index is 0.299. The number of halogens is 4. The van der Waals surface area contributed by atoms with Crippen LogP contribution >= 0.6 is 12.1 Å². The lowest BCUT2D eigenvalue weighted by atomic mass is 9.94. The molecule has 0 aromatic heterocycles. The maximum absolute atomic E-state index is 13.3. The average Bonchev–Trinajstić information content (AvgIpc) is 2.67. The van der Waals surface area contributed by atoms with E-state index in [4.69, 9.17) is 13.0 Å². The molecule has 0 atom stereocenters. The van der Waals surface area contributed by atoms with Crippen molar-refractivity contribution < 1.29 is 30.0 Å². The summed E-state index contributed by atoms with van der Waals surface area (Å²) < 4.78 is 70.8. The second-order valence-corrected chi connectivity index (χ2v) is 7.42. The largest absolute Gasteiger partial charge is 0.522 e. The first-order chi connectivity index (χ1) is 13.1. The summed E-state index contributed by atoms with van der Waals surface area (Å²) in [5, 5.41) is 0. The van der Waals surface area contributed by atoms with E-state index in [9.17, 15) is 17.1 Å². The fourth-order valence-electron chi connectivity index (χ4n) is 2.36. The number of alkyl halides is 3. The Hall–Kier alpha value is -2.36. The van der Waals surface area contributed by atoms with Crippen molar-refractivity contribution in [1.82, 2.24) is 0 Å². The Morgan fingerprint density at radius 3 is 1.64 bits per heavy atom. The van der Waals surface area contributed by atoms with E-state index in [0.29, 0.717) is 17.0 Å². The second kappa shape index (κ2) is 9.22. The monoisotopic (exact) mass is 430 g/mol. The highest BCUT2D eigenvalue weighted by atomic mass is 32.2. The van der Waals surface area contributed by atoms with Crippen LogP contribution in [-0.4, -0.2) is 18.5 Å². The first-order valence-corrected chi connectivity index (χ1v) is 9.87. The van der Waals surface area contributed by atoms with Crippen LogP contribution in [0.1, 0.15) is 0 Å². The molecule has 0 heterocycles. The third kappa shape index (κ3) is 5.57. The molecule has 0 radical (unpaired) electrons. The summed E-state index contributed by atoms with van der Waals surface area (Å²) in [6.07, 6.45) is 0. The van der Waals surface area contributed by atoms with E-state index >= 15 is 0 Å². The van der Waals surface area contributed by atoms with Crippen LogP contribution in [0, 0.1) is 0 Å². The van der Waals surface area contributed by atoms with Gasteiger partial charge in [-0.25, -0.2) is 0 Å². The standard InChI is InChI=1S/C18H13FS.CHF3O3S/c19-20-17-13-7-12-16(14-8-3-1-4-9-14)18(17)15-10-5-2-6-11-15;2-1(3,4)8(5,6)7/h1-13H;(H,5,6,7). The van der Waals surface area contributed by atoms with Crippen LogP contribution in [0.5, 0.6) is 0 Å². The first-order valence-electron chi connectivity index (χ1n) is 7.71. The van der Waals surface area contributed by atoms with E-state index in [1.807, 2.05) is 66.7 Å². The van der Waals surface area contributed by atoms with Gasteiger partial charge >= 0.3 is 15.6 Å². The van der Waals surface area contributed by atoms with Crippen molar-refractivity contribution in [3.05, 3.63) is 78.9 Å². The van der Waals surface area contributed by atoms with Gasteiger partial charge in [0, 0.05) is 10.5 Å². The summed E-state index contributed by atoms with van der Waals surface area (Å²) in [6.45, 7) is 0. The molecule has 3 aromatic rings. The summed E-state index contributed by atoms with van der Waals surface area (Å²) >= 11 is 0.299. The van der Waals surface area contributed by atoms with E-state index in [1.165, 1.54) is 0 Å². The van der Waals surface area contributed by atoms with E-state index in [-0.39, 0.29) is 0 Å². The lowest BCUT2D eigenvalue weighted by Crippen LogP contribution is -2.21. The summed E-state index contributed by atoms with van der Waals surface area (Å²) in [4.78, 5) is 0.651. The van der Waals surface area contributed by atoms with E-state index in [0.717, 1.165) is 22.3 Å². The van der Waals surface area contributed by atoms with Gasteiger partial charge in [0.15, 0.2) is 0 Å². The molecular formula is C19H14F4O3S2. The molecule has 0 spiro atoms. The average molecular weight is 430 g/mol. The molecule has 0 saturated heterocycles. The van der Waals surface area contributed by atoms with Gasteiger partial charge in [0.1, 0.15) is 0 Å². The Kier molecular flexibility index (Phi) is 7.22. The highest BCUT2D eigenvalue weighted by Crippen LogP contribution is 2.39. The lowest BCUT2D eigenvalue weighted by molar-refractivity contribution is -0.0510. The van der Waals surface area contributed by atoms with Gasteiger partial charge in [-0.15, -0.1) is 0 Å². The van der Waals surface area contributed by atoms with Gasteiger partial charge in [0.25, 0.3) is 0 Å². The number of benzene rings is 3. The molecule has 3 rings (SSSR count). The molecule has 0 bridgehead atoms. The topological polar surface area (TPSA) is 54.4 Å². The van der Waals surface area contributed by atoms with Crippen LogP contribution in [0.25, 0.3) is 22.3 Å². The van der Waals surface area contributed by atoms with Crippen molar-refractivity contribution in [2.45, 2.75) is 10.4 Å². The molecular weight excluding hydrogens is 416 g/mol. The fraction of sp³-hybridized carbons (Fsp3) is 0.0526. The van der Waals surface area contributed by atoms with Gasteiger partial charge in [-0.1, -0.05) is 72.8 Å². The molecule has 0 unspecified atom stereocenters. The summed E-state index contributed by atoms with van der Waals surface area (Å²) in [5.74, 6) is 0. The van der Waals surface area contributed by atoms with Gasteiger partial charge < -0.3 is 0 Å². The van der Waals surface area contributed by atoms with Crippen LogP contribution < -0.4 is 0 Å². The number of hydrogen-bond donors (Lipinski definition) is 1. The summed E-state index contributed by atoms with van der Waals surface area (Å²) in [7, 11) is -5.84. The smallest absolute Gasteiger partial charge is 0.279 e. The van der Waals surface area contributed by atoms with Crippen molar-refractivity contribution in [2.24, 2.45) is 0 Å². The van der Waals surface area contributed by atoms with Crippen LogP contribution in [0.2, 0.25) is 0 Å². The van der Waals surface area contributed by atoms with Gasteiger partial charge in [0.2, 0.25) is 0 Å². The van der Waals surface area contributed by atoms with Crippen molar-refractivity contribution in [2.75, 3.05) is 0 Å². The minimum Gasteiger partial charge on any atom is -0.279 e. The third-order valence-electron chi connectivity index (χ3n) is 3.55. The molecule has 0 amide bonds. The van der Waals surface area contributed by atoms with E-state index in [2.05, 4.69) is 12.1 Å². The molecule has 148 valence electrons. The third-order valence-corrected chi connectivity index (χ3v) is 4.64. The molecule has 9 heteroatoms. The zero-order chi connectivity index (χ0) is 20.8. The maximum Gasteiger partial charge on any atom is 0.522 e. The van der Waals surface area contributed by atoms with Crippen LogP contribution in [0.15, 0.2) is 83.8 Å². The molecule has 0 saturated carbocycles. The number of rotatable bonds is 3. The molecule has 28 heavy (non-hydrogen) atoms. The maximum atomic E-state index is 13.3. The Balaban J connectivity index is 0.000000300. The molecule has 3 aromatic carbocycles. The van der Waals surface area contributed by atoms with Crippen molar-refractivity contribution in [3.8, 4) is 22.3 Å². The highest BCUT2D eigenvalue weighted by Gasteiger charge is 2.44. The Morgan fingerprint density at radius 2 is 1.21 bits per heavy atom. The zero-order valence-corrected chi connectivity index (χ0v) is 15.7. The van der Waals surface area contributed by atoms with Crippen molar-refractivity contribution >= 4 is 22.3 Å². The summed E-state index contributed by atoms with van der Waals surface area (Å²) in [6, 6.07) is 25.8. The number of hydrogen-bond acceptors (Lipinski definition) is 3. The van der Waals surface area contributed by atoms with E-state index < -0.39 is 15.6 Å². The van der Waals surface area contributed by atoms with Gasteiger partial charge in [-0.2, -0.15) is 25.5 Å². The molecule has 0 aliphatic carbocycles. The Morgan fingerprint density at radius 1 is 0.750 bits per heavy atom. The van der Waals surface area contributed by atoms with E-state index in [1.54, 1.807) is 0 Å². The predicted octanol–water partition coefficient (Wildman–Crippen LogP) is 6.39. The fourth-order valence-corrected chi connectivity index (χ4v) is 2.79. The molecule has 0 fully saturated rings. The van der Waals surface area contributed by atoms with Gasteiger partial charge in [-0.3, -0.25) is 4.55 Å². The van der Waals surface area contributed by atoms with Crippen LogP contribution in [0.4, 0.5) is 17.1 Å². The quantitative estimate of drug-likeness (QED) is 0.297. The highest BCUT2D eigenvalue weighted by molar-refractivity contribution is 7.94. The Labute approximate surface area is 164 Å². The van der Waals surface area contributed by atoms with Crippen LogP contribution in [-0.2, 0) is 10.1 Å². The van der Waals surface area contributed by atoms with Crippen LogP contribution in [0.3, 0.4) is 0 Å². The molecule has 3 nitrogen and oxygen atoms in total. The first kappa shape index (κ1) is 21.9.